The fourth-order valence-corrected chi connectivity index (χ4v) is 3.27. The Morgan fingerprint density at radius 2 is 2.03 bits per heavy atom. The fourth-order valence-electron chi connectivity index (χ4n) is 3.27. The van der Waals surface area contributed by atoms with E-state index in [0.717, 1.165) is 51.0 Å². The highest BCUT2D eigenvalue weighted by molar-refractivity contribution is 5.70. The summed E-state index contributed by atoms with van der Waals surface area (Å²) in [6, 6.07) is 6.10. The first kappa shape index (κ1) is 21.0. The van der Waals surface area contributed by atoms with Crippen LogP contribution in [0.3, 0.4) is 0 Å². The highest BCUT2D eigenvalue weighted by atomic mass is 16.5. The summed E-state index contributed by atoms with van der Waals surface area (Å²) in [5.41, 5.74) is 3.91. The minimum atomic E-state index is -0.239. The molecule has 29 heavy (non-hydrogen) atoms. The highest BCUT2D eigenvalue weighted by Crippen LogP contribution is 2.19. The SMILES string of the molecule is CCCOCCCCCn1nnc2nc(Nc3ccc(C)c(CC)c3)[nH]c(=O)c21. The van der Waals surface area contributed by atoms with Crippen LogP contribution in [0, 0.1) is 6.92 Å². The van der Waals surface area contributed by atoms with E-state index < -0.39 is 0 Å². The van der Waals surface area contributed by atoms with Crippen molar-refractivity contribution in [1.29, 1.82) is 0 Å². The predicted octanol–water partition coefficient (Wildman–Crippen LogP) is 3.73. The van der Waals surface area contributed by atoms with Gasteiger partial charge in [0.15, 0.2) is 5.52 Å². The van der Waals surface area contributed by atoms with E-state index >= 15 is 0 Å². The molecule has 0 spiro atoms. The van der Waals surface area contributed by atoms with E-state index in [1.807, 2.05) is 6.07 Å². The number of anilines is 2. The molecule has 0 saturated carbocycles. The average molecular weight is 399 g/mol. The van der Waals surface area contributed by atoms with E-state index in [2.05, 4.69) is 58.5 Å². The van der Waals surface area contributed by atoms with Crippen molar-refractivity contribution < 1.29 is 4.74 Å². The van der Waals surface area contributed by atoms with E-state index in [1.54, 1.807) is 4.68 Å². The van der Waals surface area contributed by atoms with Crippen LogP contribution >= 0.6 is 0 Å². The monoisotopic (exact) mass is 398 g/mol. The quantitative estimate of drug-likeness (QED) is 0.478. The van der Waals surface area contributed by atoms with Crippen molar-refractivity contribution in [3.8, 4) is 0 Å². The summed E-state index contributed by atoms with van der Waals surface area (Å²) in [6.45, 7) is 8.54. The zero-order valence-corrected chi connectivity index (χ0v) is 17.5. The first-order valence-corrected chi connectivity index (χ1v) is 10.4. The molecule has 0 radical (unpaired) electrons. The van der Waals surface area contributed by atoms with Crippen molar-refractivity contribution in [2.45, 2.75) is 59.4 Å². The van der Waals surface area contributed by atoms with E-state index in [4.69, 9.17) is 4.74 Å². The summed E-state index contributed by atoms with van der Waals surface area (Å²) in [5.74, 6) is 0.369. The van der Waals surface area contributed by atoms with Crippen LogP contribution in [0.25, 0.3) is 11.2 Å². The molecule has 8 heteroatoms. The number of nitrogens with zero attached hydrogens (tertiary/aromatic N) is 4. The lowest BCUT2D eigenvalue weighted by molar-refractivity contribution is 0.130. The van der Waals surface area contributed by atoms with Gasteiger partial charge in [-0.15, -0.1) is 5.10 Å². The Morgan fingerprint density at radius 3 is 2.83 bits per heavy atom. The molecule has 0 aliphatic carbocycles. The Kier molecular flexibility index (Phi) is 7.35. The summed E-state index contributed by atoms with van der Waals surface area (Å²) in [7, 11) is 0. The molecule has 1 aromatic carbocycles. The van der Waals surface area contributed by atoms with E-state index in [0.29, 0.717) is 23.7 Å². The summed E-state index contributed by atoms with van der Waals surface area (Å²) in [5, 5.41) is 11.4. The van der Waals surface area contributed by atoms with Crippen LogP contribution < -0.4 is 10.9 Å². The maximum Gasteiger partial charge on any atom is 0.280 e. The summed E-state index contributed by atoms with van der Waals surface area (Å²) in [6.07, 6.45) is 4.93. The van der Waals surface area contributed by atoms with Crippen LogP contribution in [0.15, 0.2) is 23.0 Å². The van der Waals surface area contributed by atoms with Crippen LogP contribution in [-0.2, 0) is 17.7 Å². The number of aromatic nitrogens is 5. The van der Waals surface area contributed by atoms with Gasteiger partial charge in [-0.1, -0.05) is 25.1 Å². The molecule has 3 aromatic rings. The lowest BCUT2D eigenvalue weighted by Gasteiger charge is -2.09. The number of benzene rings is 1. The summed E-state index contributed by atoms with van der Waals surface area (Å²) < 4.78 is 7.12. The second-order valence-corrected chi connectivity index (χ2v) is 7.19. The molecule has 8 nitrogen and oxygen atoms in total. The Morgan fingerprint density at radius 1 is 1.17 bits per heavy atom. The zero-order valence-electron chi connectivity index (χ0n) is 17.5. The molecular weight excluding hydrogens is 368 g/mol. The summed E-state index contributed by atoms with van der Waals surface area (Å²) >= 11 is 0. The van der Waals surface area contributed by atoms with Gasteiger partial charge in [0.2, 0.25) is 11.6 Å². The second kappa shape index (κ2) is 10.2. The number of aryl methyl sites for hydroxylation is 3. The first-order valence-electron chi connectivity index (χ1n) is 10.4. The molecule has 0 unspecified atom stereocenters. The van der Waals surface area contributed by atoms with E-state index in [-0.39, 0.29) is 5.56 Å². The Labute approximate surface area is 170 Å². The van der Waals surface area contributed by atoms with Gasteiger partial charge in [-0.2, -0.15) is 4.98 Å². The number of H-pyrrole nitrogens is 1. The lowest BCUT2D eigenvalue weighted by Crippen LogP contribution is -2.15. The summed E-state index contributed by atoms with van der Waals surface area (Å²) in [4.78, 5) is 19.8. The van der Waals surface area contributed by atoms with Crippen molar-refractivity contribution in [3.63, 3.8) is 0 Å². The van der Waals surface area contributed by atoms with Gasteiger partial charge < -0.3 is 10.1 Å². The molecular formula is C21H30N6O2. The molecule has 0 aliphatic heterocycles. The first-order chi connectivity index (χ1) is 14.1. The van der Waals surface area contributed by atoms with Gasteiger partial charge in [0, 0.05) is 25.4 Å². The lowest BCUT2D eigenvalue weighted by atomic mass is 10.1. The van der Waals surface area contributed by atoms with Gasteiger partial charge in [0.1, 0.15) is 0 Å². The number of unbranched alkanes of at least 4 members (excludes halogenated alkanes) is 2. The number of nitrogens with one attached hydrogen (secondary N) is 2. The molecule has 0 atom stereocenters. The largest absolute Gasteiger partial charge is 0.381 e. The minimum Gasteiger partial charge on any atom is -0.381 e. The third kappa shape index (κ3) is 5.41. The van der Waals surface area contributed by atoms with Crippen molar-refractivity contribution in [1.82, 2.24) is 25.0 Å². The van der Waals surface area contributed by atoms with Crippen LogP contribution in [0.4, 0.5) is 11.6 Å². The number of ether oxygens (including phenoxy) is 1. The molecule has 2 heterocycles. The van der Waals surface area contributed by atoms with Gasteiger partial charge in [0.05, 0.1) is 0 Å². The molecule has 0 fully saturated rings. The van der Waals surface area contributed by atoms with E-state index in [9.17, 15) is 4.79 Å². The minimum absolute atomic E-state index is 0.239. The molecule has 2 N–H and O–H groups in total. The average Bonchev–Trinajstić information content (AvgIpc) is 3.12. The van der Waals surface area contributed by atoms with Crippen molar-refractivity contribution in [2.75, 3.05) is 18.5 Å². The molecule has 0 amide bonds. The van der Waals surface area contributed by atoms with Gasteiger partial charge >= 0.3 is 0 Å². The Hall–Kier alpha value is -2.74. The predicted molar refractivity (Wildman–Crippen MR) is 115 cm³/mol. The number of hydrogen-bond donors (Lipinski definition) is 2. The smallest absolute Gasteiger partial charge is 0.280 e. The van der Waals surface area contributed by atoms with Crippen LogP contribution in [-0.4, -0.2) is 38.2 Å². The highest BCUT2D eigenvalue weighted by Gasteiger charge is 2.12. The van der Waals surface area contributed by atoms with Crippen molar-refractivity contribution in [2.24, 2.45) is 0 Å². The number of aromatic amines is 1. The van der Waals surface area contributed by atoms with Gasteiger partial charge in [-0.25, -0.2) is 4.68 Å². The normalized spacial score (nSPS) is 11.3. The number of fused-ring (bicyclic) bond motifs is 1. The van der Waals surface area contributed by atoms with Crippen molar-refractivity contribution in [3.05, 3.63) is 39.7 Å². The third-order valence-electron chi connectivity index (χ3n) is 4.88. The van der Waals surface area contributed by atoms with E-state index in [1.165, 1.54) is 11.1 Å². The zero-order chi connectivity index (χ0) is 20.6. The maximum atomic E-state index is 12.6. The number of hydrogen-bond acceptors (Lipinski definition) is 6. The van der Waals surface area contributed by atoms with Crippen LogP contribution in [0.1, 0.15) is 50.7 Å². The van der Waals surface area contributed by atoms with Crippen molar-refractivity contribution >= 4 is 22.8 Å². The van der Waals surface area contributed by atoms with Crippen LogP contribution in [0.5, 0.6) is 0 Å². The van der Waals surface area contributed by atoms with Crippen LogP contribution in [0.2, 0.25) is 0 Å². The molecule has 0 saturated heterocycles. The third-order valence-corrected chi connectivity index (χ3v) is 4.88. The Balaban J connectivity index is 1.65. The molecule has 156 valence electrons. The second-order valence-electron chi connectivity index (χ2n) is 7.19. The van der Waals surface area contributed by atoms with Gasteiger partial charge in [0.25, 0.3) is 5.56 Å². The molecule has 3 rings (SSSR count). The maximum absolute atomic E-state index is 12.6. The molecule has 2 aromatic heterocycles. The topological polar surface area (TPSA) is 97.7 Å². The Bertz CT molecular complexity index is 994. The van der Waals surface area contributed by atoms with Gasteiger partial charge in [-0.3, -0.25) is 9.78 Å². The van der Waals surface area contributed by atoms with Gasteiger partial charge in [-0.05, 0) is 62.3 Å². The molecule has 0 aliphatic rings. The fraction of sp³-hybridized carbons (Fsp3) is 0.524. The number of rotatable bonds is 11. The molecule has 0 bridgehead atoms. The standard InChI is InChI=1S/C21H30N6O2/c1-4-12-29-13-8-6-7-11-27-18-19(25-26-27)23-21(24-20(18)28)22-17-10-9-15(3)16(5-2)14-17/h9-10,14H,4-8,11-13H2,1-3H3,(H2,22,23,24,28).